The van der Waals surface area contributed by atoms with Gasteiger partial charge in [-0.1, -0.05) is 6.07 Å². The van der Waals surface area contributed by atoms with Crippen molar-refractivity contribution in [2.75, 3.05) is 13.1 Å². The molecule has 0 aliphatic carbocycles. The summed E-state index contributed by atoms with van der Waals surface area (Å²) in [6.45, 7) is 3.49. The van der Waals surface area contributed by atoms with Gasteiger partial charge in [-0.25, -0.2) is 4.98 Å². The number of nitrogens with one attached hydrogen (secondary N) is 2. The lowest BCUT2D eigenvalue weighted by Gasteiger charge is -2.21. The first kappa shape index (κ1) is 10.5. The molecule has 1 aromatic heterocycles. The van der Waals surface area contributed by atoms with Gasteiger partial charge in [0.25, 0.3) is 0 Å². The second kappa shape index (κ2) is 3.96. The van der Waals surface area contributed by atoms with Gasteiger partial charge in [-0.15, -0.1) is 0 Å². The average Bonchev–Trinajstić information content (AvgIpc) is 2.68. The van der Waals surface area contributed by atoms with Crippen LogP contribution in [0.3, 0.4) is 0 Å². The molecule has 0 saturated carbocycles. The zero-order valence-electron chi connectivity index (χ0n) is 9.79. The van der Waals surface area contributed by atoms with E-state index in [1.165, 1.54) is 0 Å². The van der Waals surface area contributed by atoms with Gasteiger partial charge in [0.05, 0.1) is 17.0 Å². The van der Waals surface area contributed by atoms with Crippen molar-refractivity contribution in [3.05, 3.63) is 29.6 Å². The number of hydrogen-bond donors (Lipinski definition) is 2. The molecule has 2 aromatic rings. The molecular weight excluding hydrogens is 214 g/mol. The zero-order valence-corrected chi connectivity index (χ0v) is 9.79. The number of aromatic amines is 1. The highest BCUT2D eigenvalue weighted by Crippen LogP contribution is 2.23. The molecule has 17 heavy (non-hydrogen) atoms. The van der Waals surface area contributed by atoms with E-state index in [0.29, 0.717) is 12.2 Å². The maximum absolute atomic E-state index is 11.9. The van der Waals surface area contributed by atoms with Gasteiger partial charge in [0.2, 0.25) is 0 Å². The molecule has 1 saturated heterocycles. The molecule has 1 aromatic carbocycles. The number of carbonyl (C=O) groups is 1. The molecular formula is C13H15N3O. The van der Waals surface area contributed by atoms with E-state index < -0.39 is 0 Å². The smallest absolute Gasteiger partial charge is 0.142 e. The molecule has 1 aliphatic heterocycles. The van der Waals surface area contributed by atoms with Crippen LogP contribution in [0.4, 0.5) is 0 Å². The van der Waals surface area contributed by atoms with E-state index in [2.05, 4.69) is 15.3 Å². The number of imidazole rings is 1. The third-order valence-corrected chi connectivity index (χ3v) is 3.31. The highest BCUT2D eigenvalue weighted by atomic mass is 16.1. The highest BCUT2D eigenvalue weighted by Gasteiger charge is 2.23. The molecule has 1 aliphatic rings. The summed E-state index contributed by atoms with van der Waals surface area (Å²) in [4.78, 5) is 19.4. The number of aryl methyl sites for hydroxylation is 1. The first-order chi connectivity index (χ1) is 8.24. The number of H-pyrrole nitrogens is 1. The Hall–Kier alpha value is -1.68. The van der Waals surface area contributed by atoms with E-state index in [1.807, 2.05) is 25.1 Å². The topological polar surface area (TPSA) is 57.8 Å². The van der Waals surface area contributed by atoms with Crippen LogP contribution in [0.5, 0.6) is 0 Å². The van der Waals surface area contributed by atoms with Gasteiger partial charge in [0.1, 0.15) is 11.6 Å². The molecule has 4 nitrogen and oxygen atoms in total. The van der Waals surface area contributed by atoms with Crippen molar-refractivity contribution < 1.29 is 4.79 Å². The summed E-state index contributed by atoms with van der Waals surface area (Å²) in [5.41, 5.74) is 3.05. The fourth-order valence-electron chi connectivity index (χ4n) is 2.42. The highest BCUT2D eigenvalue weighted by molar-refractivity contribution is 5.88. The number of ketones is 1. The molecule has 0 bridgehead atoms. The number of nitrogens with zero attached hydrogens (tertiary/aromatic N) is 1. The van der Waals surface area contributed by atoms with Crippen LogP contribution in [0, 0.1) is 6.92 Å². The predicted molar refractivity (Wildman–Crippen MR) is 66.1 cm³/mol. The maximum atomic E-state index is 11.9. The van der Waals surface area contributed by atoms with Crippen molar-refractivity contribution in [3.63, 3.8) is 0 Å². The molecule has 0 radical (unpaired) electrons. The fourth-order valence-corrected chi connectivity index (χ4v) is 2.42. The van der Waals surface area contributed by atoms with Gasteiger partial charge in [-0.05, 0) is 24.6 Å². The Bertz CT molecular complexity index is 573. The summed E-state index contributed by atoms with van der Waals surface area (Å²) < 4.78 is 0. The molecule has 2 heterocycles. The fraction of sp³-hybridized carbons (Fsp3) is 0.385. The molecule has 2 N–H and O–H groups in total. The minimum atomic E-state index is -0.00300. The van der Waals surface area contributed by atoms with Crippen LogP contribution in [0.25, 0.3) is 11.0 Å². The third-order valence-electron chi connectivity index (χ3n) is 3.31. The lowest BCUT2D eigenvalue weighted by Crippen LogP contribution is -2.35. The summed E-state index contributed by atoms with van der Waals surface area (Å²) >= 11 is 0. The Kier molecular flexibility index (Phi) is 2.44. The number of fused-ring (bicyclic) bond motifs is 1. The normalized spacial score (nSPS) is 21.0. The minimum absolute atomic E-state index is 0.00300. The van der Waals surface area contributed by atoms with Crippen LogP contribution in [0.2, 0.25) is 0 Å². The molecule has 0 amide bonds. The summed E-state index contributed by atoms with van der Waals surface area (Å²) in [7, 11) is 0. The van der Waals surface area contributed by atoms with Crippen molar-refractivity contribution in [1.82, 2.24) is 15.3 Å². The lowest BCUT2D eigenvalue weighted by atomic mass is 9.90. The van der Waals surface area contributed by atoms with Crippen LogP contribution >= 0.6 is 0 Å². The van der Waals surface area contributed by atoms with Crippen LogP contribution in [-0.2, 0) is 4.79 Å². The van der Waals surface area contributed by atoms with Crippen molar-refractivity contribution in [2.45, 2.75) is 19.3 Å². The molecule has 3 rings (SSSR count). The Morgan fingerprint density at radius 1 is 1.41 bits per heavy atom. The Morgan fingerprint density at radius 3 is 3.12 bits per heavy atom. The number of hydrogen-bond acceptors (Lipinski definition) is 3. The number of rotatable bonds is 1. The van der Waals surface area contributed by atoms with E-state index in [-0.39, 0.29) is 5.92 Å². The molecule has 0 spiro atoms. The number of benzene rings is 1. The number of Topliss-reactive ketones (excluding diaryl/α,β-unsaturated/α-hetero) is 1. The minimum Gasteiger partial charge on any atom is -0.342 e. The molecule has 1 unspecified atom stereocenters. The van der Waals surface area contributed by atoms with Gasteiger partial charge < -0.3 is 10.3 Å². The van der Waals surface area contributed by atoms with E-state index in [1.54, 1.807) is 0 Å². The Labute approximate surface area is 99.4 Å². The summed E-state index contributed by atoms with van der Waals surface area (Å²) in [6.07, 6.45) is 0.630. The first-order valence-corrected chi connectivity index (χ1v) is 5.94. The largest absolute Gasteiger partial charge is 0.342 e. The van der Waals surface area contributed by atoms with Gasteiger partial charge in [0, 0.05) is 19.5 Å². The second-order valence-electron chi connectivity index (χ2n) is 4.57. The van der Waals surface area contributed by atoms with Crippen molar-refractivity contribution in [2.24, 2.45) is 0 Å². The average molecular weight is 229 g/mol. The number of piperidine rings is 1. The SMILES string of the molecule is Cc1nc2ccc(C3CNCCC3=O)cc2[nH]1. The molecule has 88 valence electrons. The van der Waals surface area contributed by atoms with E-state index in [0.717, 1.165) is 35.5 Å². The van der Waals surface area contributed by atoms with Crippen molar-refractivity contribution >= 4 is 16.8 Å². The van der Waals surface area contributed by atoms with Crippen LogP contribution < -0.4 is 5.32 Å². The van der Waals surface area contributed by atoms with E-state index in [9.17, 15) is 4.79 Å². The van der Waals surface area contributed by atoms with Crippen LogP contribution in [0.15, 0.2) is 18.2 Å². The van der Waals surface area contributed by atoms with Crippen molar-refractivity contribution in [3.8, 4) is 0 Å². The molecule has 1 fully saturated rings. The Balaban J connectivity index is 2.01. The zero-order chi connectivity index (χ0) is 11.8. The van der Waals surface area contributed by atoms with E-state index >= 15 is 0 Å². The summed E-state index contributed by atoms with van der Waals surface area (Å²) in [6, 6.07) is 6.04. The Morgan fingerprint density at radius 2 is 2.29 bits per heavy atom. The first-order valence-electron chi connectivity index (χ1n) is 5.94. The van der Waals surface area contributed by atoms with Gasteiger partial charge in [0.15, 0.2) is 0 Å². The van der Waals surface area contributed by atoms with E-state index in [4.69, 9.17) is 0 Å². The lowest BCUT2D eigenvalue weighted by molar-refractivity contribution is -0.121. The van der Waals surface area contributed by atoms with Gasteiger partial charge >= 0.3 is 0 Å². The molecule has 4 heteroatoms. The van der Waals surface area contributed by atoms with Gasteiger partial charge in [-0.3, -0.25) is 4.79 Å². The number of carbonyl (C=O) groups excluding carboxylic acids is 1. The van der Waals surface area contributed by atoms with Gasteiger partial charge in [-0.2, -0.15) is 0 Å². The monoisotopic (exact) mass is 229 g/mol. The van der Waals surface area contributed by atoms with Crippen LogP contribution in [-0.4, -0.2) is 28.8 Å². The predicted octanol–water partition coefficient (Wildman–Crippen LogP) is 1.52. The maximum Gasteiger partial charge on any atom is 0.142 e. The van der Waals surface area contributed by atoms with Crippen LogP contribution in [0.1, 0.15) is 23.7 Å². The number of aromatic nitrogens is 2. The van der Waals surface area contributed by atoms with Crippen molar-refractivity contribution in [1.29, 1.82) is 0 Å². The standard InChI is InChI=1S/C13H15N3O/c1-8-15-11-3-2-9(6-12(11)16-8)10-7-14-5-4-13(10)17/h2-3,6,10,14H,4-5,7H2,1H3,(H,15,16). The summed E-state index contributed by atoms with van der Waals surface area (Å²) in [5.74, 6) is 1.24. The quantitative estimate of drug-likeness (QED) is 0.779. The molecule has 1 atom stereocenters. The second-order valence-corrected chi connectivity index (χ2v) is 4.57. The summed E-state index contributed by atoms with van der Waals surface area (Å²) in [5, 5.41) is 3.27. The third kappa shape index (κ3) is 1.85.